The van der Waals surface area contributed by atoms with E-state index in [4.69, 9.17) is 16.0 Å². The van der Waals surface area contributed by atoms with Crippen molar-refractivity contribution in [3.63, 3.8) is 0 Å². The number of rotatable bonds is 6. The van der Waals surface area contributed by atoms with Crippen LogP contribution in [0.2, 0.25) is 5.02 Å². The standard InChI is InChI=1S/C22H17ClN2O4/c1-14(26)16-6-10-18(11-7-16)24-21(27)19(13-15-4-8-17(23)9-5-15)25-22(28)20-3-2-12-29-20/h2-13H,1H3,(H,24,27)(H,25,28). The average Bonchev–Trinajstić information content (AvgIpc) is 3.24. The molecule has 1 aromatic heterocycles. The molecule has 0 saturated carbocycles. The maximum atomic E-state index is 12.8. The number of amides is 2. The van der Waals surface area contributed by atoms with Crippen molar-refractivity contribution < 1.29 is 18.8 Å². The number of benzene rings is 2. The molecule has 146 valence electrons. The number of hydrogen-bond acceptors (Lipinski definition) is 4. The second-order valence-electron chi connectivity index (χ2n) is 6.13. The lowest BCUT2D eigenvalue weighted by molar-refractivity contribution is -0.113. The van der Waals surface area contributed by atoms with E-state index in [2.05, 4.69) is 10.6 Å². The topological polar surface area (TPSA) is 88.4 Å². The van der Waals surface area contributed by atoms with E-state index < -0.39 is 11.8 Å². The first-order valence-corrected chi connectivity index (χ1v) is 9.04. The second kappa shape index (κ2) is 9.03. The monoisotopic (exact) mass is 408 g/mol. The summed E-state index contributed by atoms with van der Waals surface area (Å²) in [5.41, 5.74) is 1.70. The highest BCUT2D eigenvalue weighted by molar-refractivity contribution is 6.30. The van der Waals surface area contributed by atoms with Crippen molar-refractivity contribution in [2.24, 2.45) is 0 Å². The molecule has 7 heteroatoms. The van der Waals surface area contributed by atoms with Gasteiger partial charge >= 0.3 is 0 Å². The van der Waals surface area contributed by atoms with Crippen molar-refractivity contribution in [1.29, 1.82) is 0 Å². The lowest BCUT2D eigenvalue weighted by Crippen LogP contribution is -2.30. The second-order valence-corrected chi connectivity index (χ2v) is 6.57. The zero-order valence-corrected chi connectivity index (χ0v) is 16.2. The van der Waals surface area contributed by atoms with Gasteiger partial charge in [-0.25, -0.2) is 0 Å². The molecular formula is C22H17ClN2O4. The third-order valence-corrected chi connectivity index (χ3v) is 4.22. The third kappa shape index (κ3) is 5.43. The molecule has 0 saturated heterocycles. The maximum absolute atomic E-state index is 12.8. The van der Waals surface area contributed by atoms with Crippen LogP contribution in [0.4, 0.5) is 5.69 Å². The molecule has 0 radical (unpaired) electrons. The molecule has 2 N–H and O–H groups in total. The Hall–Kier alpha value is -3.64. The molecule has 1 heterocycles. The van der Waals surface area contributed by atoms with Gasteiger partial charge in [0.25, 0.3) is 11.8 Å². The van der Waals surface area contributed by atoms with E-state index in [0.717, 1.165) is 0 Å². The summed E-state index contributed by atoms with van der Waals surface area (Å²) in [5.74, 6) is -1.09. The Kier molecular flexibility index (Phi) is 6.26. The minimum Gasteiger partial charge on any atom is -0.459 e. The summed E-state index contributed by atoms with van der Waals surface area (Å²) in [6.45, 7) is 1.46. The van der Waals surface area contributed by atoms with Crippen molar-refractivity contribution in [1.82, 2.24) is 5.32 Å². The number of ketones is 1. The fraction of sp³-hybridized carbons (Fsp3) is 0.0455. The van der Waals surface area contributed by atoms with E-state index in [0.29, 0.717) is 21.8 Å². The third-order valence-electron chi connectivity index (χ3n) is 3.97. The van der Waals surface area contributed by atoms with Crippen LogP contribution in [0.25, 0.3) is 6.08 Å². The van der Waals surface area contributed by atoms with Gasteiger partial charge in [-0.3, -0.25) is 14.4 Å². The van der Waals surface area contributed by atoms with Gasteiger partial charge in [0, 0.05) is 16.3 Å². The van der Waals surface area contributed by atoms with E-state index in [1.807, 2.05) is 0 Å². The number of hydrogen-bond donors (Lipinski definition) is 2. The molecule has 0 aliphatic heterocycles. The van der Waals surface area contributed by atoms with Gasteiger partial charge in [-0.1, -0.05) is 23.7 Å². The summed E-state index contributed by atoms with van der Waals surface area (Å²) in [4.78, 5) is 36.5. The van der Waals surface area contributed by atoms with Crippen molar-refractivity contribution in [2.45, 2.75) is 6.92 Å². The van der Waals surface area contributed by atoms with Crippen LogP contribution in [0.15, 0.2) is 77.0 Å². The zero-order chi connectivity index (χ0) is 20.8. The van der Waals surface area contributed by atoms with Gasteiger partial charge in [0.2, 0.25) is 0 Å². The first-order valence-electron chi connectivity index (χ1n) is 8.67. The van der Waals surface area contributed by atoms with E-state index in [9.17, 15) is 14.4 Å². The number of nitrogens with one attached hydrogen (secondary N) is 2. The molecular weight excluding hydrogens is 392 g/mol. The Morgan fingerprint density at radius 2 is 1.66 bits per heavy atom. The quantitative estimate of drug-likeness (QED) is 0.462. The zero-order valence-electron chi connectivity index (χ0n) is 15.4. The van der Waals surface area contributed by atoms with Gasteiger partial charge in [-0.15, -0.1) is 0 Å². The number of Topliss-reactive ketones (excluding diaryl/α,β-unsaturated/α-hetero) is 1. The van der Waals surface area contributed by atoms with Crippen LogP contribution in [-0.2, 0) is 4.79 Å². The molecule has 29 heavy (non-hydrogen) atoms. The molecule has 0 bridgehead atoms. The van der Waals surface area contributed by atoms with Gasteiger partial charge in [-0.05, 0) is 67.1 Å². The van der Waals surface area contributed by atoms with Crippen LogP contribution >= 0.6 is 11.6 Å². The molecule has 0 aliphatic carbocycles. The Morgan fingerprint density at radius 3 is 2.24 bits per heavy atom. The number of carbonyl (C=O) groups excluding carboxylic acids is 3. The Balaban J connectivity index is 1.84. The lowest BCUT2D eigenvalue weighted by Gasteiger charge is -2.11. The summed E-state index contributed by atoms with van der Waals surface area (Å²) < 4.78 is 5.08. The smallest absolute Gasteiger partial charge is 0.291 e. The minimum atomic E-state index is -0.558. The predicted octanol–water partition coefficient (Wildman–Crippen LogP) is 4.55. The predicted molar refractivity (Wildman–Crippen MR) is 111 cm³/mol. The molecule has 2 aromatic carbocycles. The van der Waals surface area contributed by atoms with Gasteiger partial charge in [0.05, 0.1) is 6.26 Å². The van der Waals surface area contributed by atoms with Crippen LogP contribution in [0.1, 0.15) is 33.4 Å². The number of furan rings is 1. The number of carbonyl (C=O) groups is 3. The molecule has 0 aliphatic rings. The van der Waals surface area contributed by atoms with Crippen LogP contribution in [0, 0.1) is 0 Å². The van der Waals surface area contributed by atoms with Crippen LogP contribution < -0.4 is 10.6 Å². The Morgan fingerprint density at radius 1 is 0.966 bits per heavy atom. The molecule has 0 unspecified atom stereocenters. The maximum Gasteiger partial charge on any atom is 0.291 e. The van der Waals surface area contributed by atoms with E-state index >= 15 is 0 Å². The van der Waals surface area contributed by atoms with Gasteiger partial charge in [0.1, 0.15) is 5.70 Å². The average molecular weight is 409 g/mol. The molecule has 2 amide bonds. The fourth-order valence-electron chi connectivity index (χ4n) is 2.46. The molecule has 3 aromatic rings. The largest absolute Gasteiger partial charge is 0.459 e. The summed E-state index contributed by atoms with van der Waals surface area (Å²) in [5, 5.41) is 5.82. The van der Waals surface area contributed by atoms with Crippen molar-refractivity contribution in [3.05, 3.63) is 94.5 Å². The highest BCUT2D eigenvalue weighted by Gasteiger charge is 2.16. The minimum absolute atomic E-state index is 0.0179. The summed E-state index contributed by atoms with van der Waals surface area (Å²) in [7, 11) is 0. The SMILES string of the molecule is CC(=O)c1ccc(NC(=O)C(=Cc2ccc(Cl)cc2)NC(=O)c2ccco2)cc1. The normalized spacial score (nSPS) is 11.0. The van der Waals surface area contributed by atoms with Crippen LogP contribution in [0.3, 0.4) is 0 Å². The molecule has 0 atom stereocenters. The van der Waals surface area contributed by atoms with Crippen LogP contribution in [0.5, 0.6) is 0 Å². The van der Waals surface area contributed by atoms with Crippen LogP contribution in [-0.4, -0.2) is 17.6 Å². The molecule has 3 rings (SSSR count). The summed E-state index contributed by atoms with van der Waals surface area (Å²) in [6.07, 6.45) is 2.89. The van der Waals surface area contributed by atoms with Crippen molar-refractivity contribution in [3.8, 4) is 0 Å². The highest BCUT2D eigenvalue weighted by atomic mass is 35.5. The summed E-state index contributed by atoms with van der Waals surface area (Å²) in [6, 6.07) is 16.3. The number of halogens is 1. The van der Waals surface area contributed by atoms with Gasteiger partial charge in [-0.2, -0.15) is 0 Å². The first kappa shape index (κ1) is 20.1. The highest BCUT2D eigenvalue weighted by Crippen LogP contribution is 2.15. The summed E-state index contributed by atoms with van der Waals surface area (Å²) >= 11 is 5.90. The Labute approximate surface area is 172 Å². The fourth-order valence-corrected chi connectivity index (χ4v) is 2.59. The van der Waals surface area contributed by atoms with Crippen molar-refractivity contribution >= 4 is 41.0 Å². The van der Waals surface area contributed by atoms with Gasteiger partial charge in [0.15, 0.2) is 11.5 Å². The van der Waals surface area contributed by atoms with Gasteiger partial charge < -0.3 is 15.1 Å². The van der Waals surface area contributed by atoms with E-state index in [-0.39, 0.29) is 17.2 Å². The molecule has 6 nitrogen and oxygen atoms in total. The lowest BCUT2D eigenvalue weighted by atomic mass is 10.1. The van der Waals surface area contributed by atoms with Crippen molar-refractivity contribution in [2.75, 3.05) is 5.32 Å². The van der Waals surface area contributed by atoms with E-state index in [1.165, 1.54) is 25.3 Å². The number of anilines is 1. The van der Waals surface area contributed by atoms with E-state index in [1.54, 1.807) is 54.6 Å². The first-order chi connectivity index (χ1) is 13.9. The molecule has 0 spiro atoms. The molecule has 0 fully saturated rings. The Bertz CT molecular complexity index is 1050.